The van der Waals surface area contributed by atoms with Crippen molar-refractivity contribution in [3.8, 4) is 5.75 Å². The van der Waals surface area contributed by atoms with E-state index >= 15 is 0 Å². The van der Waals surface area contributed by atoms with Gasteiger partial charge in [0, 0.05) is 11.8 Å². The minimum Gasteiger partial charge on any atom is -0.496 e. The third kappa shape index (κ3) is 2.30. The Morgan fingerprint density at radius 1 is 1.33 bits per heavy atom. The van der Waals surface area contributed by atoms with E-state index in [1.54, 1.807) is 30.1 Å². The Bertz CT molecular complexity index is 927. The van der Waals surface area contributed by atoms with Crippen LogP contribution in [0.5, 0.6) is 5.75 Å². The summed E-state index contributed by atoms with van der Waals surface area (Å²) in [6.45, 7) is 0.243. The first-order chi connectivity index (χ1) is 11.7. The smallest absolute Gasteiger partial charge is 0.416 e. The summed E-state index contributed by atoms with van der Waals surface area (Å²) < 4.78 is 13.1. The van der Waals surface area contributed by atoms with Crippen LogP contribution in [0.1, 0.15) is 11.6 Å². The lowest BCUT2D eigenvalue weighted by Crippen LogP contribution is -2.28. The summed E-state index contributed by atoms with van der Waals surface area (Å²) in [6.07, 6.45) is 2.98. The summed E-state index contributed by atoms with van der Waals surface area (Å²) in [5.41, 5.74) is 1.51. The molecule has 0 radical (unpaired) electrons. The highest BCUT2D eigenvalue weighted by atomic mass is 79.9. The highest BCUT2D eigenvalue weighted by Crippen LogP contribution is 2.36. The summed E-state index contributed by atoms with van der Waals surface area (Å²) in [5, 5.41) is 4.16. The predicted molar refractivity (Wildman–Crippen MR) is 90.2 cm³/mol. The molecular weight excluding hydrogens is 376 g/mol. The van der Waals surface area contributed by atoms with Crippen molar-refractivity contribution in [2.24, 2.45) is 0 Å². The third-order valence-electron chi connectivity index (χ3n) is 3.93. The highest BCUT2D eigenvalue weighted by Gasteiger charge is 2.37. The van der Waals surface area contributed by atoms with Crippen LogP contribution in [0.15, 0.2) is 47.2 Å². The van der Waals surface area contributed by atoms with E-state index in [9.17, 15) is 4.79 Å². The minimum atomic E-state index is -0.432. The zero-order chi connectivity index (χ0) is 16.7. The van der Waals surface area contributed by atoms with E-state index in [0.717, 1.165) is 10.0 Å². The van der Waals surface area contributed by atoms with Gasteiger partial charge in [-0.05, 0) is 28.1 Å². The van der Waals surface area contributed by atoms with Gasteiger partial charge in [0.2, 0.25) is 0 Å². The van der Waals surface area contributed by atoms with Crippen molar-refractivity contribution in [2.45, 2.75) is 6.04 Å². The van der Waals surface area contributed by atoms with Crippen molar-refractivity contribution in [2.75, 3.05) is 18.6 Å². The predicted octanol–water partition coefficient (Wildman–Crippen LogP) is 3.20. The first-order valence-electron chi connectivity index (χ1n) is 7.28. The van der Waals surface area contributed by atoms with Crippen LogP contribution < -0.4 is 9.64 Å². The number of nitrogens with zero attached hydrogens (tertiary/aromatic N) is 4. The van der Waals surface area contributed by atoms with Crippen molar-refractivity contribution in [1.29, 1.82) is 0 Å². The molecule has 0 aliphatic carbocycles. The number of benzene rings is 1. The molecular formula is C16H13BrN4O3. The molecule has 0 bridgehead atoms. The molecule has 0 N–H and O–H groups in total. The molecule has 0 saturated carbocycles. The van der Waals surface area contributed by atoms with Gasteiger partial charge in [-0.25, -0.2) is 14.3 Å². The maximum absolute atomic E-state index is 12.3. The second-order valence-electron chi connectivity index (χ2n) is 5.25. The number of para-hydroxylation sites is 1. The molecule has 4 rings (SSSR count). The molecule has 0 unspecified atom stereocenters. The second kappa shape index (κ2) is 5.79. The van der Waals surface area contributed by atoms with E-state index < -0.39 is 6.09 Å². The molecule has 3 aromatic rings. The monoisotopic (exact) mass is 388 g/mol. The summed E-state index contributed by atoms with van der Waals surface area (Å²) in [5.74, 6) is 1.21. The third-order valence-corrected chi connectivity index (χ3v) is 4.49. The number of ether oxygens (including phenoxy) is 2. The zero-order valence-corrected chi connectivity index (χ0v) is 14.3. The van der Waals surface area contributed by atoms with Gasteiger partial charge in [-0.15, -0.1) is 0 Å². The molecule has 1 aromatic carbocycles. The molecule has 1 aliphatic rings. The van der Waals surface area contributed by atoms with Crippen LogP contribution in [-0.4, -0.2) is 34.4 Å². The van der Waals surface area contributed by atoms with Gasteiger partial charge >= 0.3 is 6.09 Å². The van der Waals surface area contributed by atoms with Crippen molar-refractivity contribution >= 4 is 33.5 Å². The van der Waals surface area contributed by atoms with Crippen molar-refractivity contribution in [3.05, 3.63) is 52.8 Å². The first-order valence-corrected chi connectivity index (χ1v) is 8.07. The van der Waals surface area contributed by atoms with Gasteiger partial charge in [0.25, 0.3) is 0 Å². The largest absolute Gasteiger partial charge is 0.496 e. The number of carbonyl (C=O) groups excluding carboxylic acids is 1. The zero-order valence-electron chi connectivity index (χ0n) is 12.7. The Labute approximate surface area is 145 Å². The number of hydrogen-bond acceptors (Lipinski definition) is 5. The molecule has 1 fully saturated rings. The molecule has 24 heavy (non-hydrogen) atoms. The number of aromatic nitrogens is 3. The summed E-state index contributed by atoms with van der Waals surface area (Å²) in [4.78, 5) is 18.4. The number of cyclic esters (lactones) is 1. The van der Waals surface area contributed by atoms with Crippen LogP contribution in [-0.2, 0) is 4.74 Å². The van der Waals surface area contributed by atoms with E-state index in [0.29, 0.717) is 17.2 Å². The summed E-state index contributed by atoms with van der Waals surface area (Å²) in [6, 6.07) is 9.01. The van der Waals surface area contributed by atoms with E-state index in [2.05, 4.69) is 26.0 Å². The fraction of sp³-hybridized carbons (Fsp3) is 0.188. The topological polar surface area (TPSA) is 69.0 Å². The number of amides is 1. The van der Waals surface area contributed by atoms with E-state index in [1.807, 2.05) is 24.3 Å². The standard InChI is InChI=1S/C16H13BrN4O3/c1-23-13-5-3-2-4-10(13)12-9-24-16(22)21(12)14-6-7-20-15(19-14)11(17)8-18-20/h2-8,12H,9H2,1H3/t12-/m1/s1. The molecule has 3 heterocycles. The molecule has 1 saturated heterocycles. The average molecular weight is 389 g/mol. The fourth-order valence-electron chi connectivity index (χ4n) is 2.81. The van der Waals surface area contributed by atoms with Gasteiger partial charge in [0.05, 0.1) is 17.8 Å². The number of carbonyl (C=O) groups is 1. The van der Waals surface area contributed by atoms with Gasteiger partial charge in [-0.3, -0.25) is 4.90 Å². The molecule has 7 nitrogen and oxygen atoms in total. The molecule has 1 aliphatic heterocycles. The van der Waals surface area contributed by atoms with Gasteiger partial charge in [0.1, 0.15) is 24.2 Å². The second-order valence-corrected chi connectivity index (χ2v) is 6.11. The number of rotatable bonds is 3. The lowest BCUT2D eigenvalue weighted by molar-refractivity contribution is 0.178. The van der Waals surface area contributed by atoms with Crippen LogP contribution in [0, 0.1) is 0 Å². The van der Waals surface area contributed by atoms with E-state index in [-0.39, 0.29) is 12.6 Å². The number of anilines is 1. The summed E-state index contributed by atoms with van der Waals surface area (Å²) >= 11 is 3.41. The Morgan fingerprint density at radius 2 is 2.17 bits per heavy atom. The molecule has 1 atom stereocenters. The quantitative estimate of drug-likeness (QED) is 0.688. The number of fused-ring (bicyclic) bond motifs is 1. The van der Waals surface area contributed by atoms with Crippen LogP contribution in [0.2, 0.25) is 0 Å². The van der Waals surface area contributed by atoms with Crippen LogP contribution >= 0.6 is 15.9 Å². The molecule has 1 amide bonds. The molecule has 2 aromatic heterocycles. The van der Waals surface area contributed by atoms with Crippen molar-refractivity contribution in [3.63, 3.8) is 0 Å². The number of halogens is 1. The number of methoxy groups -OCH3 is 1. The molecule has 0 spiro atoms. The molecule has 8 heteroatoms. The lowest BCUT2D eigenvalue weighted by atomic mass is 10.1. The first kappa shape index (κ1) is 14.9. The Hall–Kier alpha value is -2.61. The maximum Gasteiger partial charge on any atom is 0.416 e. The van der Waals surface area contributed by atoms with Crippen LogP contribution in [0.4, 0.5) is 10.6 Å². The van der Waals surface area contributed by atoms with E-state index in [1.165, 1.54) is 4.90 Å². The Morgan fingerprint density at radius 3 is 3.00 bits per heavy atom. The summed E-state index contributed by atoms with van der Waals surface area (Å²) in [7, 11) is 1.61. The number of hydrogen-bond donors (Lipinski definition) is 0. The van der Waals surface area contributed by atoms with Gasteiger partial charge < -0.3 is 9.47 Å². The molecule has 122 valence electrons. The van der Waals surface area contributed by atoms with Gasteiger partial charge in [-0.2, -0.15) is 5.10 Å². The lowest BCUT2D eigenvalue weighted by Gasteiger charge is -2.22. The normalized spacial score (nSPS) is 17.3. The fourth-order valence-corrected chi connectivity index (χ4v) is 3.17. The Kier molecular flexibility index (Phi) is 3.61. The van der Waals surface area contributed by atoms with Crippen LogP contribution in [0.25, 0.3) is 5.65 Å². The Balaban J connectivity index is 1.81. The van der Waals surface area contributed by atoms with Gasteiger partial charge in [0.15, 0.2) is 5.65 Å². The highest BCUT2D eigenvalue weighted by molar-refractivity contribution is 9.10. The SMILES string of the molecule is COc1ccccc1[C@H]1COC(=O)N1c1ccn2ncc(Br)c2n1. The maximum atomic E-state index is 12.3. The van der Waals surface area contributed by atoms with Crippen molar-refractivity contribution < 1.29 is 14.3 Å². The van der Waals surface area contributed by atoms with Crippen molar-refractivity contribution in [1.82, 2.24) is 14.6 Å². The van der Waals surface area contributed by atoms with Crippen LogP contribution in [0.3, 0.4) is 0 Å². The average Bonchev–Trinajstić information content (AvgIpc) is 3.17. The minimum absolute atomic E-state index is 0.243. The van der Waals surface area contributed by atoms with Gasteiger partial charge in [-0.1, -0.05) is 18.2 Å². The van der Waals surface area contributed by atoms with E-state index in [4.69, 9.17) is 9.47 Å².